The van der Waals surface area contributed by atoms with Crippen molar-refractivity contribution < 1.29 is 9.53 Å². The Morgan fingerprint density at radius 3 is 2.79 bits per heavy atom. The van der Waals surface area contributed by atoms with Gasteiger partial charge in [-0.25, -0.2) is 19.6 Å². The number of ether oxygens (including phenoxy) is 1. The molecule has 0 radical (unpaired) electrons. The zero-order chi connectivity index (χ0) is 23.7. The molecule has 2 aliphatic heterocycles. The molecule has 4 heterocycles. The predicted molar refractivity (Wildman–Crippen MR) is 129 cm³/mol. The number of pyridine rings is 1. The van der Waals surface area contributed by atoms with Crippen LogP contribution >= 0.6 is 0 Å². The highest BCUT2D eigenvalue weighted by molar-refractivity contribution is 6.05. The Kier molecular flexibility index (Phi) is 5.91. The molecule has 0 saturated carbocycles. The Bertz CT molecular complexity index is 1330. The Labute approximate surface area is 196 Å². The van der Waals surface area contributed by atoms with Crippen molar-refractivity contribution in [2.45, 2.75) is 19.4 Å². The van der Waals surface area contributed by atoms with Gasteiger partial charge in [0.25, 0.3) is 11.5 Å². The Morgan fingerprint density at radius 2 is 2.06 bits per heavy atom. The van der Waals surface area contributed by atoms with Gasteiger partial charge < -0.3 is 10.1 Å². The number of fused-ring (bicyclic) bond motifs is 1. The van der Waals surface area contributed by atoms with Crippen LogP contribution in [0, 0.1) is 5.92 Å². The summed E-state index contributed by atoms with van der Waals surface area (Å²) in [6, 6.07) is 12.6. The van der Waals surface area contributed by atoms with Crippen LogP contribution in [0.15, 0.2) is 69.6 Å². The van der Waals surface area contributed by atoms with Gasteiger partial charge in [0.15, 0.2) is 0 Å². The lowest BCUT2D eigenvalue weighted by Crippen LogP contribution is -2.44. The highest BCUT2D eigenvalue weighted by Crippen LogP contribution is 2.28. The summed E-state index contributed by atoms with van der Waals surface area (Å²) < 4.78 is 8.44. The van der Waals surface area contributed by atoms with Crippen molar-refractivity contribution in [2.75, 3.05) is 25.7 Å². The molecule has 0 aliphatic carbocycles. The molecule has 1 aromatic carbocycles. The van der Waals surface area contributed by atoms with Gasteiger partial charge in [-0.2, -0.15) is 0 Å². The number of imidazole rings is 1. The van der Waals surface area contributed by atoms with E-state index >= 15 is 0 Å². The fourth-order valence-corrected chi connectivity index (χ4v) is 4.19. The van der Waals surface area contributed by atoms with E-state index in [4.69, 9.17) is 4.74 Å². The van der Waals surface area contributed by atoms with Gasteiger partial charge >= 0.3 is 0 Å². The molecule has 2 N–H and O–H groups in total. The number of hydrogen-bond acceptors (Lipinski definition) is 6. The molecular formula is C24H25N7O3. The molecule has 2 atom stereocenters. The van der Waals surface area contributed by atoms with E-state index < -0.39 is 5.91 Å². The van der Waals surface area contributed by atoms with Crippen LogP contribution in [0.25, 0.3) is 5.69 Å². The molecule has 0 bridgehead atoms. The number of carbonyl (C=O) groups excluding carboxylic acids is 1. The molecule has 1 amide bonds. The van der Waals surface area contributed by atoms with Crippen LogP contribution in [-0.4, -0.2) is 51.9 Å². The molecule has 2 aliphatic rings. The topological polar surface area (TPSA) is 115 Å². The van der Waals surface area contributed by atoms with Crippen molar-refractivity contribution in [1.82, 2.24) is 19.5 Å². The average Bonchev–Trinajstić information content (AvgIpc) is 3.51. The van der Waals surface area contributed by atoms with Crippen LogP contribution < -0.4 is 16.3 Å². The molecular weight excluding hydrogens is 434 g/mol. The van der Waals surface area contributed by atoms with Crippen LogP contribution in [-0.2, 0) is 4.74 Å². The maximum atomic E-state index is 13.2. The second kappa shape index (κ2) is 9.16. The molecule has 0 spiro atoms. The summed E-state index contributed by atoms with van der Waals surface area (Å²) in [4.78, 5) is 39.4. The van der Waals surface area contributed by atoms with Crippen LogP contribution in [0.1, 0.15) is 35.7 Å². The number of amides is 1. The molecule has 2 unspecified atom stereocenters. The van der Waals surface area contributed by atoms with E-state index in [2.05, 4.69) is 25.7 Å². The zero-order valence-corrected chi connectivity index (χ0v) is 18.9. The highest BCUT2D eigenvalue weighted by Gasteiger charge is 2.34. The van der Waals surface area contributed by atoms with E-state index in [9.17, 15) is 9.59 Å². The van der Waals surface area contributed by atoms with Crippen LogP contribution in [0.2, 0.25) is 0 Å². The molecule has 3 aromatic rings. The van der Waals surface area contributed by atoms with Crippen molar-refractivity contribution in [3.63, 3.8) is 0 Å². The number of rotatable bonds is 4. The summed E-state index contributed by atoms with van der Waals surface area (Å²) in [5.74, 6) is 0.650. The molecule has 174 valence electrons. The largest absolute Gasteiger partial charge is 0.375 e. The SMILES string of the molecule is CNC1c2ncc(C(=O)N=C3CCOC3)n2NC(=Nc2cccn(-c3ccccc3)c2=O)C1C. The van der Waals surface area contributed by atoms with Gasteiger partial charge in [-0.05, 0) is 31.3 Å². The lowest BCUT2D eigenvalue weighted by molar-refractivity contribution is 0.0994. The molecule has 10 nitrogen and oxygen atoms in total. The van der Waals surface area contributed by atoms with Gasteiger partial charge in [-0.1, -0.05) is 25.1 Å². The van der Waals surface area contributed by atoms with E-state index in [0.29, 0.717) is 37.0 Å². The second-order valence-corrected chi connectivity index (χ2v) is 8.19. The number of amidine groups is 1. The summed E-state index contributed by atoms with van der Waals surface area (Å²) in [6.07, 6.45) is 3.87. The summed E-state index contributed by atoms with van der Waals surface area (Å²) in [5, 5.41) is 3.25. The van der Waals surface area contributed by atoms with Gasteiger partial charge in [0, 0.05) is 24.2 Å². The molecule has 5 rings (SSSR count). The van der Waals surface area contributed by atoms with Gasteiger partial charge in [0.05, 0.1) is 31.2 Å². The van der Waals surface area contributed by atoms with E-state index in [1.807, 2.05) is 44.3 Å². The molecule has 1 saturated heterocycles. The van der Waals surface area contributed by atoms with Crippen molar-refractivity contribution in [2.24, 2.45) is 15.9 Å². The highest BCUT2D eigenvalue weighted by atomic mass is 16.5. The lowest BCUT2D eigenvalue weighted by Gasteiger charge is -2.32. The second-order valence-electron chi connectivity index (χ2n) is 8.19. The lowest BCUT2D eigenvalue weighted by atomic mass is 9.98. The van der Waals surface area contributed by atoms with Gasteiger partial charge in [0.1, 0.15) is 23.0 Å². The quantitative estimate of drug-likeness (QED) is 0.618. The van der Waals surface area contributed by atoms with Crippen molar-refractivity contribution in [3.05, 3.63) is 76.7 Å². The number of aliphatic imine (C=N–C) groups is 2. The minimum atomic E-state index is -0.401. The molecule has 2 aromatic heterocycles. The van der Waals surface area contributed by atoms with Gasteiger partial charge in [-0.15, -0.1) is 0 Å². The maximum Gasteiger partial charge on any atom is 0.297 e. The number of aromatic nitrogens is 3. The summed E-state index contributed by atoms with van der Waals surface area (Å²) in [5.41, 5.74) is 5.01. The first-order valence-corrected chi connectivity index (χ1v) is 11.1. The standard InChI is InChI=1S/C24H25N7O3/c1-15-20(25-2)22-26-13-19(23(32)27-16-10-12-34-14-16)31(22)29-21(15)28-18-9-6-11-30(24(18)33)17-7-4-3-5-8-17/h3-9,11,13,15,20,25H,10,12,14H2,1-2H3,(H,28,29). The fourth-order valence-electron chi connectivity index (χ4n) is 4.19. The average molecular weight is 460 g/mol. The Balaban J connectivity index is 1.53. The van der Waals surface area contributed by atoms with Crippen molar-refractivity contribution in [1.29, 1.82) is 0 Å². The minimum absolute atomic E-state index is 0.137. The number of hydrogen-bond donors (Lipinski definition) is 2. The van der Waals surface area contributed by atoms with E-state index in [1.54, 1.807) is 27.6 Å². The van der Waals surface area contributed by atoms with Gasteiger partial charge in [0.2, 0.25) is 0 Å². The first-order chi connectivity index (χ1) is 16.6. The van der Waals surface area contributed by atoms with Gasteiger partial charge in [-0.3, -0.25) is 19.6 Å². The Morgan fingerprint density at radius 1 is 1.24 bits per heavy atom. The summed E-state index contributed by atoms with van der Waals surface area (Å²) in [6.45, 7) is 2.93. The first-order valence-electron chi connectivity index (χ1n) is 11.1. The minimum Gasteiger partial charge on any atom is -0.375 e. The zero-order valence-electron chi connectivity index (χ0n) is 18.9. The van der Waals surface area contributed by atoms with E-state index in [-0.39, 0.29) is 23.2 Å². The van der Waals surface area contributed by atoms with E-state index in [0.717, 1.165) is 11.4 Å². The van der Waals surface area contributed by atoms with Crippen LogP contribution in [0.5, 0.6) is 0 Å². The first kappa shape index (κ1) is 21.9. The maximum absolute atomic E-state index is 13.2. The summed E-state index contributed by atoms with van der Waals surface area (Å²) >= 11 is 0. The molecule has 1 fully saturated rings. The smallest absolute Gasteiger partial charge is 0.297 e. The third kappa shape index (κ3) is 3.97. The Hall–Kier alpha value is -3.89. The number of carbonyl (C=O) groups is 1. The van der Waals surface area contributed by atoms with E-state index in [1.165, 1.54) is 6.20 Å². The predicted octanol–water partition coefficient (Wildman–Crippen LogP) is 2.22. The van der Waals surface area contributed by atoms with Crippen LogP contribution in [0.3, 0.4) is 0 Å². The van der Waals surface area contributed by atoms with Crippen LogP contribution in [0.4, 0.5) is 5.69 Å². The number of nitrogens with one attached hydrogen (secondary N) is 2. The summed E-state index contributed by atoms with van der Waals surface area (Å²) in [7, 11) is 1.83. The van der Waals surface area contributed by atoms with Crippen molar-refractivity contribution >= 4 is 23.1 Å². The number of benzene rings is 1. The number of nitrogens with zero attached hydrogens (tertiary/aromatic N) is 5. The normalized spacial score (nSPS) is 22.1. The molecule has 34 heavy (non-hydrogen) atoms. The third-order valence-electron chi connectivity index (χ3n) is 6.02. The fraction of sp³-hybridized carbons (Fsp3) is 0.292. The monoisotopic (exact) mass is 459 g/mol. The number of para-hydroxylation sites is 1. The third-order valence-corrected chi connectivity index (χ3v) is 6.02. The molecule has 10 heteroatoms. The van der Waals surface area contributed by atoms with Crippen molar-refractivity contribution in [3.8, 4) is 5.69 Å².